The molecule has 0 saturated carbocycles. The summed E-state index contributed by atoms with van der Waals surface area (Å²) in [6.07, 6.45) is 5.16. The van der Waals surface area contributed by atoms with Crippen molar-refractivity contribution in [3.05, 3.63) is 35.9 Å². The second-order valence-corrected chi connectivity index (χ2v) is 6.73. The van der Waals surface area contributed by atoms with Gasteiger partial charge in [0.25, 0.3) is 0 Å². The molecule has 1 aliphatic heterocycles. The van der Waals surface area contributed by atoms with Gasteiger partial charge in [-0.25, -0.2) is 0 Å². The Labute approximate surface area is 130 Å². The van der Waals surface area contributed by atoms with Gasteiger partial charge in [0.2, 0.25) is 0 Å². The zero-order valence-electron chi connectivity index (χ0n) is 14.0. The molecule has 2 heteroatoms. The van der Waals surface area contributed by atoms with Gasteiger partial charge in [-0.05, 0) is 30.7 Å². The van der Waals surface area contributed by atoms with Crippen molar-refractivity contribution in [2.24, 2.45) is 5.92 Å². The number of hydrogen-bond acceptors (Lipinski definition) is 2. The molecular weight excluding hydrogens is 256 g/mol. The van der Waals surface area contributed by atoms with Gasteiger partial charge in [0.1, 0.15) is 0 Å². The largest absolute Gasteiger partial charge is 0.310 e. The molecule has 1 aliphatic rings. The molecule has 0 radical (unpaired) electrons. The van der Waals surface area contributed by atoms with E-state index in [1.165, 1.54) is 44.3 Å². The summed E-state index contributed by atoms with van der Waals surface area (Å²) in [5.74, 6) is 0.837. The highest BCUT2D eigenvalue weighted by Crippen LogP contribution is 2.17. The quantitative estimate of drug-likeness (QED) is 0.776. The minimum Gasteiger partial charge on any atom is -0.310 e. The summed E-state index contributed by atoms with van der Waals surface area (Å²) in [4.78, 5) is 2.59. The molecule has 1 saturated heterocycles. The zero-order valence-corrected chi connectivity index (χ0v) is 14.0. The van der Waals surface area contributed by atoms with Crippen LogP contribution in [0, 0.1) is 5.92 Å². The Hall–Kier alpha value is -0.860. The number of rotatable bonds is 8. The molecule has 2 nitrogen and oxygen atoms in total. The van der Waals surface area contributed by atoms with E-state index >= 15 is 0 Å². The van der Waals surface area contributed by atoms with Gasteiger partial charge in [-0.1, -0.05) is 57.5 Å². The predicted molar refractivity (Wildman–Crippen MR) is 91.4 cm³/mol. The molecular formula is C19H32N2. The van der Waals surface area contributed by atoms with Crippen molar-refractivity contribution in [1.29, 1.82) is 0 Å². The van der Waals surface area contributed by atoms with Crippen LogP contribution < -0.4 is 5.32 Å². The van der Waals surface area contributed by atoms with Crippen molar-refractivity contribution >= 4 is 0 Å². The van der Waals surface area contributed by atoms with E-state index in [1.807, 2.05) is 0 Å². The molecule has 3 unspecified atom stereocenters. The van der Waals surface area contributed by atoms with Crippen molar-refractivity contribution in [3.8, 4) is 0 Å². The Kier molecular flexibility index (Phi) is 6.72. The summed E-state index contributed by atoms with van der Waals surface area (Å²) >= 11 is 0. The normalized spacial score (nSPS) is 22.3. The number of benzene rings is 1. The Morgan fingerprint density at radius 1 is 1.19 bits per heavy atom. The molecule has 0 bridgehead atoms. The van der Waals surface area contributed by atoms with Crippen LogP contribution in [0.3, 0.4) is 0 Å². The maximum absolute atomic E-state index is 3.90. The van der Waals surface area contributed by atoms with Gasteiger partial charge in [-0.3, -0.25) is 4.90 Å². The molecule has 1 aromatic rings. The molecule has 1 fully saturated rings. The second-order valence-electron chi connectivity index (χ2n) is 6.73. The molecule has 3 atom stereocenters. The lowest BCUT2D eigenvalue weighted by Crippen LogP contribution is -2.40. The molecule has 0 aliphatic carbocycles. The molecule has 1 aromatic carbocycles. The van der Waals surface area contributed by atoms with Gasteiger partial charge >= 0.3 is 0 Å². The lowest BCUT2D eigenvalue weighted by molar-refractivity contribution is 0.303. The van der Waals surface area contributed by atoms with Crippen LogP contribution in [-0.4, -0.2) is 30.1 Å². The number of likely N-dealkylation sites (tertiary alicyclic amines) is 1. The van der Waals surface area contributed by atoms with Crippen LogP contribution in [0.1, 0.15) is 52.0 Å². The minimum atomic E-state index is 0.683. The highest BCUT2D eigenvalue weighted by molar-refractivity contribution is 5.14. The summed E-state index contributed by atoms with van der Waals surface area (Å²) in [6, 6.07) is 12.2. The molecule has 2 rings (SSSR count). The fourth-order valence-electron chi connectivity index (χ4n) is 3.29. The monoisotopic (exact) mass is 288 g/mol. The third kappa shape index (κ3) is 5.44. The number of nitrogens with zero attached hydrogens (tertiary/aromatic N) is 1. The Morgan fingerprint density at radius 2 is 1.95 bits per heavy atom. The van der Waals surface area contributed by atoms with Gasteiger partial charge in [0, 0.05) is 31.7 Å². The van der Waals surface area contributed by atoms with Gasteiger partial charge < -0.3 is 5.32 Å². The average Bonchev–Trinajstić information content (AvgIpc) is 2.94. The molecule has 21 heavy (non-hydrogen) atoms. The van der Waals surface area contributed by atoms with Crippen molar-refractivity contribution in [2.45, 2.75) is 65.1 Å². The summed E-state index contributed by atoms with van der Waals surface area (Å²) < 4.78 is 0. The highest BCUT2D eigenvalue weighted by atomic mass is 15.2. The van der Waals surface area contributed by atoms with Crippen molar-refractivity contribution in [3.63, 3.8) is 0 Å². The first-order valence-corrected chi connectivity index (χ1v) is 8.73. The smallest absolute Gasteiger partial charge is 0.0234 e. The third-order valence-corrected chi connectivity index (χ3v) is 4.87. The molecule has 118 valence electrons. The van der Waals surface area contributed by atoms with E-state index in [0.29, 0.717) is 12.1 Å². The topological polar surface area (TPSA) is 15.3 Å². The number of hydrogen-bond donors (Lipinski definition) is 1. The van der Waals surface area contributed by atoms with Crippen LogP contribution in [0.4, 0.5) is 0 Å². The van der Waals surface area contributed by atoms with Crippen LogP contribution in [0.25, 0.3) is 0 Å². The van der Waals surface area contributed by atoms with Gasteiger partial charge in [0.15, 0.2) is 0 Å². The fourth-order valence-corrected chi connectivity index (χ4v) is 3.29. The zero-order chi connectivity index (χ0) is 15.1. The fraction of sp³-hybridized carbons (Fsp3) is 0.684. The summed E-state index contributed by atoms with van der Waals surface area (Å²) in [5.41, 5.74) is 1.43. The van der Waals surface area contributed by atoms with Crippen LogP contribution in [-0.2, 0) is 6.54 Å². The van der Waals surface area contributed by atoms with Gasteiger partial charge in [0.05, 0.1) is 0 Å². The SMILES string of the molecule is CCC(C)CC(CC)NC1CCN(Cc2ccccc2)C1. The van der Waals surface area contributed by atoms with Gasteiger partial charge in [-0.15, -0.1) is 0 Å². The summed E-state index contributed by atoms with van der Waals surface area (Å²) in [6.45, 7) is 10.5. The first kappa shape index (κ1) is 16.5. The van der Waals surface area contributed by atoms with E-state index in [1.54, 1.807) is 0 Å². The van der Waals surface area contributed by atoms with E-state index < -0.39 is 0 Å². The minimum absolute atomic E-state index is 0.683. The predicted octanol–water partition coefficient (Wildman–Crippen LogP) is 4.07. The van der Waals surface area contributed by atoms with Gasteiger partial charge in [-0.2, -0.15) is 0 Å². The molecule has 0 spiro atoms. The van der Waals surface area contributed by atoms with Crippen molar-refractivity contribution in [1.82, 2.24) is 10.2 Å². The van der Waals surface area contributed by atoms with E-state index in [2.05, 4.69) is 61.3 Å². The Bertz CT molecular complexity index is 390. The third-order valence-electron chi connectivity index (χ3n) is 4.87. The van der Waals surface area contributed by atoms with Crippen LogP contribution in [0.5, 0.6) is 0 Å². The van der Waals surface area contributed by atoms with E-state index in [0.717, 1.165) is 12.5 Å². The molecule has 0 amide bonds. The lowest BCUT2D eigenvalue weighted by atomic mass is 9.97. The first-order valence-electron chi connectivity index (χ1n) is 8.73. The lowest BCUT2D eigenvalue weighted by Gasteiger charge is -2.24. The van der Waals surface area contributed by atoms with E-state index in [9.17, 15) is 0 Å². The van der Waals surface area contributed by atoms with Crippen LogP contribution >= 0.6 is 0 Å². The second kappa shape index (κ2) is 8.55. The Balaban J connectivity index is 1.76. The van der Waals surface area contributed by atoms with Crippen molar-refractivity contribution in [2.75, 3.05) is 13.1 Å². The Morgan fingerprint density at radius 3 is 2.62 bits per heavy atom. The van der Waals surface area contributed by atoms with Crippen LogP contribution in [0.2, 0.25) is 0 Å². The standard InChI is InChI=1S/C19H32N2/c1-4-16(3)13-18(5-2)20-19-11-12-21(15-19)14-17-9-7-6-8-10-17/h6-10,16,18-20H,4-5,11-15H2,1-3H3. The number of nitrogens with one attached hydrogen (secondary N) is 1. The summed E-state index contributed by atoms with van der Waals surface area (Å²) in [5, 5.41) is 3.90. The average molecular weight is 288 g/mol. The first-order chi connectivity index (χ1) is 10.2. The molecule has 1 heterocycles. The van der Waals surface area contributed by atoms with E-state index in [-0.39, 0.29) is 0 Å². The maximum Gasteiger partial charge on any atom is 0.0234 e. The summed E-state index contributed by atoms with van der Waals surface area (Å²) in [7, 11) is 0. The van der Waals surface area contributed by atoms with Crippen molar-refractivity contribution < 1.29 is 0 Å². The maximum atomic E-state index is 3.90. The highest BCUT2D eigenvalue weighted by Gasteiger charge is 2.24. The van der Waals surface area contributed by atoms with E-state index in [4.69, 9.17) is 0 Å². The van der Waals surface area contributed by atoms with Crippen LogP contribution in [0.15, 0.2) is 30.3 Å². The molecule has 0 aromatic heterocycles. The molecule has 1 N–H and O–H groups in total.